The van der Waals surface area contributed by atoms with E-state index in [1.165, 1.54) is 42.6 Å². The lowest BCUT2D eigenvalue weighted by molar-refractivity contribution is 0.0734. The topological polar surface area (TPSA) is 114 Å². The van der Waals surface area contributed by atoms with Gasteiger partial charge in [-0.1, -0.05) is 41.4 Å². The van der Waals surface area contributed by atoms with Crippen LogP contribution in [-0.4, -0.2) is 26.5 Å². The molecule has 1 amide bonds. The van der Waals surface area contributed by atoms with Gasteiger partial charge in [0.25, 0.3) is 15.9 Å². The van der Waals surface area contributed by atoms with Gasteiger partial charge in [0.15, 0.2) is 0 Å². The number of anilines is 1. The number of nitrogens with one attached hydrogen (secondary N) is 2. The highest BCUT2D eigenvalue weighted by atomic mass is 35.5. The van der Waals surface area contributed by atoms with Gasteiger partial charge in [-0.15, -0.1) is 0 Å². The molecule has 38 heavy (non-hydrogen) atoms. The third-order valence-corrected chi connectivity index (χ3v) is 7.02. The summed E-state index contributed by atoms with van der Waals surface area (Å²) in [5.74, 6) is -0.716. The highest BCUT2D eigenvalue weighted by Crippen LogP contribution is 2.19. The summed E-state index contributed by atoms with van der Waals surface area (Å²) in [7, 11) is -3.74. The highest BCUT2D eigenvalue weighted by molar-refractivity contribution is 7.92. The van der Waals surface area contributed by atoms with Crippen molar-refractivity contribution < 1.29 is 22.7 Å². The minimum absolute atomic E-state index is 0.144. The van der Waals surface area contributed by atoms with Crippen LogP contribution in [-0.2, 0) is 10.0 Å². The number of nitrogens with zero attached hydrogens (tertiary/aromatic N) is 1. The number of carbonyl (C=O) groups is 2. The normalized spacial score (nSPS) is 11.2. The zero-order valence-corrected chi connectivity index (χ0v) is 21.7. The molecular formula is C28H22ClN3O5S. The Morgan fingerprint density at radius 1 is 0.868 bits per heavy atom. The van der Waals surface area contributed by atoms with Gasteiger partial charge in [-0.25, -0.2) is 18.6 Å². The molecule has 0 saturated heterocycles. The van der Waals surface area contributed by atoms with Crippen LogP contribution < -0.4 is 14.9 Å². The van der Waals surface area contributed by atoms with Gasteiger partial charge < -0.3 is 4.74 Å². The Kier molecular flexibility index (Phi) is 8.20. The van der Waals surface area contributed by atoms with Crippen LogP contribution in [0, 0.1) is 6.92 Å². The number of ether oxygens (including phenoxy) is 1. The summed E-state index contributed by atoms with van der Waals surface area (Å²) in [5.41, 5.74) is 4.90. The van der Waals surface area contributed by atoms with Crippen LogP contribution in [0.5, 0.6) is 5.75 Å². The van der Waals surface area contributed by atoms with E-state index in [-0.39, 0.29) is 10.5 Å². The average Bonchev–Trinajstić information content (AvgIpc) is 2.90. The molecule has 0 heterocycles. The molecule has 0 aliphatic carbocycles. The van der Waals surface area contributed by atoms with Crippen molar-refractivity contribution in [1.82, 2.24) is 5.43 Å². The van der Waals surface area contributed by atoms with E-state index in [1.54, 1.807) is 60.7 Å². The molecule has 10 heteroatoms. The van der Waals surface area contributed by atoms with Crippen molar-refractivity contribution in [2.24, 2.45) is 5.10 Å². The predicted molar refractivity (Wildman–Crippen MR) is 146 cm³/mol. The summed E-state index contributed by atoms with van der Waals surface area (Å²) in [4.78, 5) is 24.8. The van der Waals surface area contributed by atoms with Gasteiger partial charge in [0, 0.05) is 11.3 Å². The number of sulfonamides is 1. The largest absolute Gasteiger partial charge is 0.423 e. The van der Waals surface area contributed by atoms with Crippen molar-refractivity contribution in [3.8, 4) is 5.75 Å². The Labute approximate surface area is 225 Å². The quantitative estimate of drug-likeness (QED) is 0.132. The number of hydrazone groups is 1. The zero-order valence-electron chi connectivity index (χ0n) is 20.1. The Bertz CT molecular complexity index is 1590. The van der Waals surface area contributed by atoms with Gasteiger partial charge in [0.05, 0.1) is 21.7 Å². The summed E-state index contributed by atoms with van der Waals surface area (Å²) in [6.07, 6.45) is 1.43. The minimum atomic E-state index is -3.74. The van der Waals surface area contributed by atoms with Crippen LogP contribution in [0.4, 0.5) is 5.69 Å². The van der Waals surface area contributed by atoms with E-state index in [0.29, 0.717) is 27.6 Å². The maximum Gasteiger partial charge on any atom is 0.345 e. The van der Waals surface area contributed by atoms with Gasteiger partial charge in [-0.2, -0.15) is 5.10 Å². The molecule has 0 fully saturated rings. The summed E-state index contributed by atoms with van der Waals surface area (Å²) in [6, 6.07) is 25.6. The Morgan fingerprint density at radius 2 is 1.53 bits per heavy atom. The first kappa shape index (κ1) is 26.6. The zero-order chi connectivity index (χ0) is 27.1. The molecule has 0 saturated carbocycles. The molecule has 8 nitrogen and oxygen atoms in total. The number of hydrogen-bond acceptors (Lipinski definition) is 6. The van der Waals surface area contributed by atoms with Crippen molar-refractivity contribution in [2.45, 2.75) is 11.8 Å². The van der Waals surface area contributed by atoms with Crippen molar-refractivity contribution in [1.29, 1.82) is 0 Å². The van der Waals surface area contributed by atoms with Gasteiger partial charge in [0.2, 0.25) is 0 Å². The Morgan fingerprint density at radius 3 is 2.18 bits per heavy atom. The fourth-order valence-corrected chi connectivity index (χ4v) is 4.53. The lowest BCUT2D eigenvalue weighted by Gasteiger charge is -2.09. The van der Waals surface area contributed by atoms with E-state index < -0.39 is 21.9 Å². The molecule has 0 spiro atoms. The van der Waals surface area contributed by atoms with Crippen molar-refractivity contribution >= 4 is 45.4 Å². The summed E-state index contributed by atoms with van der Waals surface area (Å²) in [6.45, 7) is 1.87. The van der Waals surface area contributed by atoms with Crippen LogP contribution in [0.2, 0.25) is 5.02 Å². The molecule has 0 atom stereocenters. The Balaban J connectivity index is 1.31. The fraction of sp³-hybridized carbons (Fsp3) is 0.0357. The van der Waals surface area contributed by atoms with Crippen LogP contribution in [0.3, 0.4) is 0 Å². The molecule has 0 unspecified atom stereocenters. The van der Waals surface area contributed by atoms with Gasteiger partial charge in [0.1, 0.15) is 5.75 Å². The first-order valence-electron chi connectivity index (χ1n) is 11.3. The van der Waals surface area contributed by atoms with E-state index >= 15 is 0 Å². The molecular weight excluding hydrogens is 526 g/mol. The molecule has 0 aliphatic heterocycles. The first-order chi connectivity index (χ1) is 18.2. The third kappa shape index (κ3) is 6.84. The SMILES string of the molecule is Cc1ccc(S(=O)(=O)Nc2ccc(C(=O)N/N=C\c3ccc(OC(=O)c4ccccc4Cl)cc3)cc2)cc1. The van der Waals surface area contributed by atoms with E-state index in [4.69, 9.17) is 16.3 Å². The standard InChI is InChI=1S/C28H22ClN3O5S/c1-19-6-16-24(17-7-19)38(35,36)32-22-12-10-21(11-13-22)27(33)31-30-18-20-8-14-23(15-9-20)37-28(34)25-4-2-3-5-26(25)29/h2-18,32H,1H3,(H,31,33)/b30-18-. The molecule has 0 aromatic heterocycles. The van der Waals surface area contributed by atoms with Crippen LogP contribution in [0.25, 0.3) is 0 Å². The fourth-order valence-electron chi connectivity index (χ4n) is 3.26. The van der Waals surface area contributed by atoms with E-state index in [2.05, 4.69) is 15.2 Å². The number of benzene rings is 4. The van der Waals surface area contributed by atoms with E-state index in [9.17, 15) is 18.0 Å². The van der Waals surface area contributed by atoms with E-state index in [0.717, 1.165) is 5.56 Å². The highest BCUT2D eigenvalue weighted by Gasteiger charge is 2.14. The van der Waals surface area contributed by atoms with Crippen molar-refractivity contribution in [3.05, 3.63) is 124 Å². The van der Waals surface area contributed by atoms with E-state index in [1.807, 2.05) is 6.92 Å². The molecule has 4 aromatic carbocycles. The molecule has 4 aromatic rings. The maximum atomic E-state index is 12.5. The lowest BCUT2D eigenvalue weighted by Crippen LogP contribution is -2.18. The van der Waals surface area contributed by atoms with Crippen LogP contribution in [0.1, 0.15) is 31.8 Å². The lowest BCUT2D eigenvalue weighted by atomic mass is 10.2. The van der Waals surface area contributed by atoms with Crippen LogP contribution in [0.15, 0.2) is 107 Å². The minimum Gasteiger partial charge on any atom is -0.423 e. The van der Waals surface area contributed by atoms with Crippen molar-refractivity contribution in [3.63, 3.8) is 0 Å². The second kappa shape index (κ2) is 11.7. The van der Waals surface area contributed by atoms with Gasteiger partial charge in [-0.3, -0.25) is 9.52 Å². The summed E-state index contributed by atoms with van der Waals surface area (Å²) < 4.78 is 32.9. The molecule has 0 bridgehead atoms. The molecule has 4 rings (SSSR count). The molecule has 192 valence electrons. The van der Waals surface area contributed by atoms with Gasteiger partial charge in [-0.05, 0) is 85.3 Å². The number of hydrogen-bond donors (Lipinski definition) is 2. The van der Waals surface area contributed by atoms with Crippen LogP contribution >= 0.6 is 11.6 Å². The second-order valence-electron chi connectivity index (χ2n) is 8.13. The summed E-state index contributed by atoms with van der Waals surface area (Å²) in [5, 5.41) is 4.24. The Hall–Kier alpha value is -4.47. The smallest absolute Gasteiger partial charge is 0.345 e. The number of carbonyl (C=O) groups excluding carboxylic acids is 2. The first-order valence-corrected chi connectivity index (χ1v) is 13.2. The number of amides is 1. The number of halogens is 1. The monoisotopic (exact) mass is 547 g/mol. The second-order valence-corrected chi connectivity index (χ2v) is 10.2. The third-order valence-electron chi connectivity index (χ3n) is 5.29. The maximum absolute atomic E-state index is 12.5. The summed E-state index contributed by atoms with van der Waals surface area (Å²) >= 11 is 6.02. The number of esters is 1. The van der Waals surface area contributed by atoms with Crippen molar-refractivity contribution in [2.75, 3.05) is 4.72 Å². The number of rotatable bonds is 8. The number of aryl methyl sites for hydroxylation is 1. The average molecular weight is 548 g/mol. The molecule has 0 aliphatic rings. The molecule has 2 N–H and O–H groups in total. The van der Waals surface area contributed by atoms with Gasteiger partial charge >= 0.3 is 5.97 Å². The molecule has 0 radical (unpaired) electrons. The predicted octanol–water partition coefficient (Wildman–Crippen LogP) is 5.43.